The number of hydrogen-bond donors (Lipinski definition) is 2. The minimum absolute atomic E-state index is 0.0620. The number of hydrogen-bond acceptors (Lipinski definition) is 3. The zero-order valence-electron chi connectivity index (χ0n) is 12.0. The van der Waals surface area contributed by atoms with Crippen LogP contribution in [0.25, 0.3) is 0 Å². The molecule has 102 valence electrons. The standard InChI is InChI=1S/C15H26N2O/c1-15(2,12-18)11-16-10-14(17(3)4)13-8-6-5-7-9-13/h5-9,14,16,18H,10-12H2,1-4H3. The van der Waals surface area contributed by atoms with Gasteiger partial charge in [0.1, 0.15) is 0 Å². The monoisotopic (exact) mass is 250 g/mol. The van der Waals surface area contributed by atoms with Gasteiger partial charge in [0, 0.05) is 31.2 Å². The lowest BCUT2D eigenvalue weighted by atomic mass is 9.94. The van der Waals surface area contributed by atoms with E-state index in [2.05, 4.69) is 62.4 Å². The zero-order valence-corrected chi connectivity index (χ0v) is 12.0. The Morgan fingerprint density at radius 1 is 1.22 bits per heavy atom. The molecule has 1 aromatic carbocycles. The Balaban J connectivity index is 2.55. The van der Waals surface area contributed by atoms with Crippen LogP contribution >= 0.6 is 0 Å². The summed E-state index contributed by atoms with van der Waals surface area (Å²) >= 11 is 0. The predicted octanol–water partition coefficient (Wildman–Crippen LogP) is 1.90. The SMILES string of the molecule is CN(C)C(CNCC(C)(C)CO)c1ccccc1. The minimum atomic E-state index is -0.0620. The Hall–Kier alpha value is -0.900. The lowest BCUT2D eigenvalue weighted by Crippen LogP contribution is -2.37. The normalized spacial score (nSPS) is 13.9. The molecule has 1 atom stereocenters. The third kappa shape index (κ3) is 4.77. The van der Waals surface area contributed by atoms with Crippen LogP contribution in [0.3, 0.4) is 0 Å². The molecule has 0 heterocycles. The lowest BCUT2D eigenvalue weighted by Gasteiger charge is -2.28. The van der Waals surface area contributed by atoms with Crippen molar-refractivity contribution in [3.63, 3.8) is 0 Å². The fraction of sp³-hybridized carbons (Fsp3) is 0.600. The molecule has 1 aromatic rings. The van der Waals surface area contributed by atoms with Crippen molar-refractivity contribution in [2.24, 2.45) is 5.41 Å². The maximum absolute atomic E-state index is 9.24. The quantitative estimate of drug-likeness (QED) is 0.776. The predicted molar refractivity (Wildman–Crippen MR) is 76.6 cm³/mol. The average molecular weight is 250 g/mol. The maximum Gasteiger partial charge on any atom is 0.0494 e. The van der Waals surface area contributed by atoms with E-state index in [0.717, 1.165) is 13.1 Å². The van der Waals surface area contributed by atoms with Crippen LogP contribution in [0.2, 0.25) is 0 Å². The first-order valence-electron chi connectivity index (χ1n) is 6.49. The highest BCUT2D eigenvalue weighted by atomic mass is 16.3. The van der Waals surface area contributed by atoms with Crippen LogP contribution in [0.15, 0.2) is 30.3 Å². The lowest BCUT2D eigenvalue weighted by molar-refractivity contribution is 0.153. The second-order valence-corrected chi connectivity index (χ2v) is 5.84. The molecule has 0 aliphatic heterocycles. The van der Waals surface area contributed by atoms with Crippen molar-refractivity contribution in [3.8, 4) is 0 Å². The topological polar surface area (TPSA) is 35.5 Å². The molecule has 18 heavy (non-hydrogen) atoms. The summed E-state index contributed by atoms with van der Waals surface area (Å²) in [5, 5.41) is 12.7. The van der Waals surface area contributed by atoms with Crippen LogP contribution in [-0.4, -0.2) is 43.8 Å². The van der Waals surface area contributed by atoms with Crippen molar-refractivity contribution in [1.82, 2.24) is 10.2 Å². The summed E-state index contributed by atoms with van der Waals surface area (Å²) in [6.45, 7) is 6.04. The van der Waals surface area contributed by atoms with Gasteiger partial charge in [-0.05, 0) is 19.7 Å². The summed E-state index contributed by atoms with van der Waals surface area (Å²) in [5.41, 5.74) is 1.25. The number of nitrogens with zero attached hydrogens (tertiary/aromatic N) is 1. The van der Waals surface area contributed by atoms with Crippen LogP contribution in [-0.2, 0) is 0 Å². The van der Waals surface area contributed by atoms with E-state index in [4.69, 9.17) is 0 Å². The Kier molecular flexibility index (Phi) is 5.79. The summed E-state index contributed by atoms with van der Waals surface area (Å²) in [6, 6.07) is 10.9. The van der Waals surface area contributed by atoms with Gasteiger partial charge in [0.2, 0.25) is 0 Å². The Bertz CT molecular complexity index is 336. The molecule has 0 radical (unpaired) electrons. The van der Waals surface area contributed by atoms with Gasteiger partial charge in [-0.3, -0.25) is 0 Å². The van der Waals surface area contributed by atoms with Crippen molar-refractivity contribution in [2.45, 2.75) is 19.9 Å². The number of nitrogens with one attached hydrogen (secondary N) is 1. The second kappa shape index (κ2) is 6.88. The van der Waals surface area contributed by atoms with Gasteiger partial charge < -0.3 is 15.3 Å². The number of aliphatic hydroxyl groups excluding tert-OH is 1. The van der Waals surface area contributed by atoms with Gasteiger partial charge in [0.15, 0.2) is 0 Å². The highest BCUT2D eigenvalue weighted by Gasteiger charge is 2.18. The third-order valence-corrected chi connectivity index (χ3v) is 3.18. The molecule has 0 aromatic heterocycles. The van der Waals surface area contributed by atoms with Gasteiger partial charge in [0.25, 0.3) is 0 Å². The highest BCUT2D eigenvalue weighted by molar-refractivity contribution is 5.19. The van der Waals surface area contributed by atoms with Gasteiger partial charge in [-0.2, -0.15) is 0 Å². The van der Waals surface area contributed by atoms with Gasteiger partial charge in [-0.15, -0.1) is 0 Å². The summed E-state index contributed by atoms with van der Waals surface area (Å²) in [7, 11) is 4.19. The number of aliphatic hydroxyl groups is 1. The van der Waals surface area contributed by atoms with Crippen LogP contribution < -0.4 is 5.32 Å². The first-order valence-corrected chi connectivity index (χ1v) is 6.49. The molecule has 0 saturated carbocycles. The summed E-state index contributed by atoms with van der Waals surface area (Å²) in [5.74, 6) is 0. The minimum Gasteiger partial charge on any atom is -0.396 e. The van der Waals surface area contributed by atoms with E-state index in [9.17, 15) is 5.11 Å². The first-order chi connectivity index (χ1) is 8.46. The van der Waals surface area contributed by atoms with Crippen LogP contribution in [0.5, 0.6) is 0 Å². The largest absolute Gasteiger partial charge is 0.396 e. The van der Waals surface area contributed by atoms with E-state index in [1.807, 2.05) is 6.07 Å². The molecule has 0 amide bonds. The Morgan fingerprint density at radius 2 is 1.83 bits per heavy atom. The van der Waals surface area contributed by atoms with Crippen LogP contribution in [0.1, 0.15) is 25.5 Å². The van der Waals surface area contributed by atoms with E-state index >= 15 is 0 Å². The molecule has 0 aliphatic rings. The van der Waals surface area contributed by atoms with Crippen molar-refractivity contribution < 1.29 is 5.11 Å². The molecule has 1 unspecified atom stereocenters. The van der Waals surface area contributed by atoms with E-state index in [-0.39, 0.29) is 12.0 Å². The zero-order chi connectivity index (χ0) is 13.6. The van der Waals surface area contributed by atoms with Crippen molar-refractivity contribution in [1.29, 1.82) is 0 Å². The van der Waals surface area contributed by atoms with Gasteiger partial charge in [-0.25, -0.2) is 0 Å². The molecule has 0 bridgehead atoms. The molecule has 1 rings (SSSR count). The summed E-state index contributed by atoms with van der Waals surface area (Å²) in [4.78, 5) is 2.22. The van der Waals surface area contributed by atoms with Crippen molar-refractivity contribution in [2.75, 3.05) is 33.8 Å². The summed E-state index contributed by atoms with van der Waals surface area (Å²) < 4.78 is 0. The smallest absolute Gasteiger partial charge is 0.0494 e. The Morgan fingerprint density at radius 3 is 2.33 bits per heavy atom. The molecule has 3 nitrogen and oxygen atoms in total. The average Bonchev–Trinajstić information content (AvgIpc) is 2.35. The second-order valence-electron chi connectivity index (χ2n) is 5.84. The third-order valence-electron chi connectivity index (χ3n) is 3.18. The molecular formula is C15H26N2O. The molecule has 0 saturated heterocycles. The molecule has 0 spiro atoms. The highest BCUT2D eigenvalue weighted by Crippen LogP contribution is 2.17. The van der Waals surface area contributed by atoms with Gasteiger partial charge in [0.05, 0.1) is 0 Å². The van der Waals surface area contributed by atoms with Gasteiger partial charge >= 0.3 is 0 Å². The summed E-state index contributed by atoms with van der Waals surface area (Å²) in [6.07, 6.45) is 0. The number of benzene rings is 1. The fourth-order valence-electron chi connectivity index (χ4n) is 1.88. The number of likely N-dealkylation sites (N-methyl/N-ethyl adjacent to an activating group) is 1. The molecule has 0 fully saturated rings. The molecule has 3 heteroatoms. The first kappa shape index (κ1) is 15.2. The fourth-order valence-corrected chi connectivity index (χ4v) is 1.88. The van der Waals surface area contributed by atoms with E-state index in [1.54, 1.807) is 0 Å². The van der Waals surface area contributed by atoms with Crippen molar-refractivity contribution in [3.05, 3.63) is 35.9 Å². The van der Waals surface area contributed by atoms with Crippen LogP contribution in [0, 0.1) is 5.41 Å². The Labute approximate surface area is 111 Å². The maximum atomic E-state index is 9.24. The van der Waals surface area contributed by atoms with Gasteiger partial charge in [-0.1, -0.05) is 44.2 Å². The van der Waals surface area contributed by atoms with E-state index in [0.29, 0.717) is 6.04 Å². The van der Waals surface area contributed by atoms with Crippen LogP contribution in [0.4, 0.5) is 0 Å². The van der Waals surface area contributed by atoms with Crippen molar-refractivity contribution >= 4 is 0 Å². The molecule has 0 aliphatic carbocycles. The van der Waals surface area contributed by atoms with E-state index < -0.39 is 0 Å². The number of rotatable bonds is 7. The molecular weight excluding hydrogens is 224 g/mol. The molecule has 2 N–H and O–H groups in total. The van der Waals surface area contributed by atoms with E-state index in [1.165, 1.54) is 5.56 Å².